The van der Waals surface area contributed by atoms with Crippen molar-refractivity contribution in [3.8, 4) is 17.2 Å². The first-order valence-electron chi connectivity index (χ1n) is 6.96. The number of oxime groups is 1. The van der Waals surface area contributed by atoms with Gasteiger partial charge >= 0.3 is 0 Å². The van der Waals surface area contributed by atoms with Crippen LogP contribution in [0.5, 0.6) is 17.2 Å². The van der Waals surface area contributed by atoms with Gasteiger partial charge in [-0.05, 0) is 5.56 Å². The largest absolute Gasteiger partial charge is 0.507 e. The first kappa shape index (κ1) is 14.3. The van der Waals surface area contributed by atoms with Crippen LogP contribution in [0.4, 0.5) is 0 Å². The Morgan fingerprint density at radius 3 is 2.59 bits per heavy atom. The van der Waals surface area contributed by atoms with Crippen molar-refractivity contribution in [2.24, 2.45) is 5.16 Å². The fraction of sp³-hybridized carbons (Fsp3) is 0.235. The smallest absolute Gasteiger partial charge is 0.158 e. The monoisotopic (exact) mass is 299 g/mol. The third-order valence-electron chi connectivity index (χ3n) is 3.64. The lowest BCUT2D eigenvalue weighted by molar-refractivity contribution is 0.0857. The molecule has 1 N–H and O–H groups in total. The molecule has 22 heavy (non-hydrogen) atoms. The van der Waals surface area contributed by atoms with Gasteiger partial charge in [-0.1, -0.05) is 35.5 Å². The van der Waals surface area contributed by atoms with Crippen LogP contribution < -0.4 is 9.47 Å². The van der Waals surface area contributed by atoms with E-state index in [9.17, 15) is 5.11 Å². The minimum Gasteiger partial charge on any atom is -0.507 e. The first-order chi connectivity index (χ1) is 10.7. The highest BCUT2D eigenvalue weighted by Gasteiger charge is 2.28. The molecule has 3 rings (SSSR count). The maximum absolute atomic E-state index is 10.3. The molecule has 5 nitrogen and oxygen atoms in total. The molecule has 0 aromatic heterocycles. The molecule has 1 heterocycles. The summed E-state index contributed by atoms with van der Waals surface area (Å²) in [5.74, 6) is 1.09. The van der Waals surface area contributed by atoms with Crippen molar-refractivity contribution in [1.29, 1.82) is 0 Å². The van der Waals surface area contributed by atoms with E-state index in [1.54, 1.807) is 13.2 Å². The normalized spacial score (nSPS) is 16.8. The zero-order chi connectivity index (χ0) is 15.5. The van der Waals surface area contributed by atoms with Gasteiger partial charge in [0.25, 0.3) is 0 Å². The summed E-state index contributed by atoms with van der Waals surface area (Å²) in [5, 5.41) is 14.4. The number of methoxy groups -OCH3 is 2. The Bertz CT molecular complexity index is 697. The third kappa shape index (κ3) is 2.57. The highest BCUT2D eigenvalue weighted by atomic mass is 16.6. The van der Waals surface area contributed by atoms with Crippen LogP contribution in [0.1, 0.15) is 23.7 Å². The van der Waals surface area contributed by atoms with Crippen LogP contribution in [0, 0.1) is 0 Å². The number of phenolic OH excluding ortho intramolecular Hbond substituents is 1. The molecule has 0 bridgehead atoms. The van der Waals surface area contributed by atoms with Gasteiger partial charge in [-0.3, -0.25) is 0 Å². The quantitative estimate of drug-likeness (QED) is 0.941. The Hall–Kier alpha value is -2.69. The summed E-state index contributed by atoms with van der Waals surface area (Å²) in [6, 6.07) is 13.1. The van der Waals surface area contributed by atoms with Gasteiger partial charge < -0.3 is 19.4 Å². The molecule has 0 aliphatic carbocycles. The topological polar surface area (TPSA) is 60.3 Å². The molecule has 1 atom stereocenters. The van der Waals surface area contributed by atoms with Gasteiger partial charge in [-0.25, -0.2) is 0 Å². The molecule has 2 aromatic carbocycles. The summed E-state index contributed by atoms with van der Waals surface area (Å²) >= 11 is 0. The Morgan fingerprint density at radius 2 is 1.91 bits per heavy atom. The SMILES string of the molecule is COc1cc(O)c(C2=NOC(c3ccccc3)C2)c(OC)c1. The fourth-order valence-corrected chi connectivity index (χ4v) is 2.52. The molecule has 0 radical (unpaired) electrons. The average Bonchev–Trinajstić information content (AvgIpc) is 3.04. The second-order valence-corrected chi connectivity index (χ2v) is 4.97. The van der Waals surface area contributed by atoms with E-state index in [1.165, 1.54) is 13.2 Å². The van der Waals surface area contributed by atoms with Gasteiger partial charge in [-0.15, -0.1) is 0 Å². The lowest BCUT2D eigenvalue weighted by atomic mass is 9.99. The molecule has 1 aliphatic heterocycles. The van der Waals surface area contributed by atoms with Crippen LogP contribution in [-0.4, -0.2) is 25.0 Å². The predicted octanol–water partition coefficient (Wildman–Crippen LogP) is 3.28. The number of phenols is 1. The molecule has 114 valence electrons. The van der Waals surface area contributed by atoms with E-state index in [4.69, 9.17) is 14.3 Å². The molecule has 0 spiro atoms. The molecule has 1 aliphatic rings. The number of ether oxygens (including phenoxy) is 2. The van der Waals surface area contributed by atoms with Crippen molar-refractivity contribution in [1.82, 2.24) is 0 Å². The van der Waals surface area contributed by atoms with Crippen LogP contribution in [0.15, 0.2) is 47.6 Å². The van der Waals surface area contributed by atoms with E-state index in [2.05, 4.69) is 5.16 Å². The van der Waals surface area contributed by atoms with Crippen molar-refractivity contribution in [3.63, 3.8) is 0 Å². The summed E-state index contributed by atoms with van der Waals surface area (Å²) < 4.78 is 10.5. The van der Waals surface area contributed by atoms with Crippen LogP contribution in [0.25, 0.3) is 0 Å². The van der Waals surface area contributed by atoms with Gasteiger partial charge in [0.1, 0.15) is 17.2 Å². The Labute approximate surface area is 128 Å². The molecule has 0 amide bonds. The zero-order valence-corrected chi connectivity index (χ0v) is 12.4. The average molecular weight is 299 g/mol. The van der Waals surface area contributed by atoms with Crippen LogP contribution in [0.3, 0.4) is 0 Å². The minimum atomic E-state index is -0.151. The van der Waals surface area contributed by atoms with Gasteiger partial charge in [0.05, 0.1) is 25.5 Å². The number of nitrogens with zero attached hydrogens (tertiary/aromatic N) is 1. The van der Waals surface area contributed by atoms with E-state index in [0.717, 1.165) is 5.56 Å². The lowest BCUT2D eigenvalue weighted by Gasteiger charge is -2.12. The molecule has 0 saturated carbocycles. The van der Waals surface area contributed by atoms with Gasteiger partial charge in [0.15, 0.2) is 6.10 Å². The molecule has 5 heteroatoms. The highest BCUT2D eigenvalue weighted by Crippen LogP contribution is 2.38. The lowest BCUT2D eigenvalue weighted by Crippen LogP contribution is -2.04. The predicted molar refractivity (Wildman–Crippen MR) is 82.6 cm³/mol. The molecular formula is C17H17NO4. The van der Waals surface area contributed by atoms with Crippen molar-refractivity contribution in [2.75, 3.05) is 14.2 Å². The Balaban J connectivity index is 1.90. The van der Waals surface area contributed by atoms with Crippen LogP contribution in [-0.2, 0) is 4.84 Å². The molecular weight excluding hydrogens is 282 g/mol. The van der Waals surface area contributed by atoms with Crippen molar-refractivity contribution in [3.05, 3.63) is 53.6 Å². The highest BCUT2D eigenvalue weighted by molar-refractivity contribution is 6.06. The van der Waals surface area contributed by atoms with Gasteiger partial charge in [0, 0.05) is 18.6 Å². The molecule has 2 aromatic rings. The van der Waals surface area contributed by atoms with Crippen LogP contribution >= 0.6 is 0 Å². The fourth-order valence-electron chi connectivity index (χ4n) is 2.52. The summed E-state index contributed by atoms with van der Waals surface area (Å²) in [7, 11) is 3.08. The zero-order valence-electron chi connectivity index (χ0n) is 12.4. The van der Waals surface area contributed by atoms with E-state index in [0.29, 0.717) is 29.2 Å². The van der Waals surface area contributed by atoms with Gasteiger partial charge in [0.2, 0.25) is 0 Å². The van der Waals surface area contributed by atoms with Crippen LogP contribution in [0.2, 0.25) is 0 Å². The number of rotatable bonds is 4. The van der Waals surface area contributed by atoms with Gasteiger partial charge in [-0.2, -0.15) is 0 Å². The number of aromatic hydroxyl groups is 1. The summed E-state index contributed by atoms with van der Waals surface area (Å²) in [6.45, 7) is 0. The maximum atomic E-state index is 10.3. The minimum absolute atomic E-state index is 0.0623. The first-order valence-corrected chi connectivity index (χ1v) is 6.96. The summed E-state index contributed by atoms with van der Waals surface area (Å²) in [6.07, 6.45) is 0.419. The molecule has 1 unspecified atom stereocenters. The van der Waals surface area contributed by atoms with Crippen molar-refractivity contribution >= 4 is 5.71 Å². The second-order valence-electron chi connectivity index (χ2n) is 4.97. The van der Waals surface area contributed by atoms with E-state index >= 15 is 0 Å². The van der Waals surface area contributed by atoms with Crippen molar-refractivity contribution in [2.45, 2.75) is 12.5 Å². The summed E-state index contributed by atoms with van der Waals surface area (Å²) in [4.78, 5) is 5.51. The second kappa shape index (κ2) is 5.97. The van der Waals surface area contributed by atoms with Crippen molar-refractivity contribution < 1.29 is 19.4 Å². The Morgan fingerprint density at radius 1 is 1.14 bits per heavy atom. The van der Waals surface area contributed by atoms with E-state index < -0.39 is 0 Å². The Kier molecular flexibility index (Phi) is 3.87. The maximum Gasteiger partial charge on any atom is 0.158 e. The standard InChI is InChI=1S/C17H17NO4/c1-20-12-8-14(19)17(16(9-12)21-2)13-10-15(22-18-13)11-6-4-3-5-7-11/h3-9,15,19H,10H2,1-2H3. The molecule has 0 fully saturated rings. The summed E-state index contributed by atoms with van der Waals surface area (Å²) in [5.41, 5.74) is 2.25. The van der Waals surface area contributed by atoms with E-state index in [-0.39, 0.29) is 11.9 Å². The number of hydrogen-bond acceptors (Lipinski definition) is 5. The number of benzene rings is 2. The van der Waals surface area contributed by atoms with E-state index in [1.807, 2.05) is 30.3 Å². The third-order valence-corrected chi connectivity index (χ3v) is 3.64. The number of hydrogen-bond donors (Lipinski definition) is 1. The molecule has 0 saturated heterocycles.